The maximum atomic E-state index is 11.2. The molecule has 0 bridgehead atoms. The summed E-state index contributed by atoms with van der Waals surface area (Å²) in [7, 11) is 0. The summed E-state index contributed by atoms with van der Waals surface area (Å²) in [5.74, 6) is 0.356. The molecule has 0 aromatic heterocycles. The summed E-state index contributed by atoms with van der Waals surface area (Å²) in [5, 5.41) is 0. The Hall–Kier alpha value is -0.920. The van der Waals surface area contributed by atoms with Crippen molar-refractivity contribution >= 4 is 11.6 Å². The lowest BCUT2D eigenvalue weighted by atomic mass is 9.61. The Morgan fingerprint density at radius 1 is 1.36 bits per heavy atom. The highest BCUT2D eigenvalue weighted by Crippen LogP contribution is 2.40. The molecule has 0 aromatic carbocycles. The van der Waals surface area contributed by atoms with Crippen LogP contribution in [0.4, 0.5) is 0 Å². The highest BCUT2D eigenvalue weighted by atomic mass is 16.2. The van der Waals surface area contributed by atoms with Crippen LogP contribution < -0.4 is 0 Å². The van der Waals surface area contributed by atoms with Gasteiger partial charge in [0.15, 0.2) is 11.6 Å². The Balaban J connectivity index is 2.72. The second kappa shape index (κ2) is 2.29. The monoisotopic (exact) mass is 151 g/mol. The van der Waals surface area contributed by atoms with Gasteiger partial charge in [-0.2, -0.15) is 0 Å². The Labute approximate surface area is 66.3 Å². The Kier molecular flexibility index (Phi) is 1.70. The van der Waals surface area contributed by atoms with Gasteiger partial charge in [0.2, 0.25) is 0 Å². The molecule has 0 amide bonds. The van der Waals surface area contributed by atoms with Gasteiger partial charge in [0.1, 0.15) is 5.92 Å². The molecule has 0 N–H and O–H groups in total. The molecule has 1 aliphatic rings. The summed E-state index contributed by atoms with van der Waals surface area (Å²) in [6.07, 6.45) is 2.00. The summed E-state index contributed by atoms with van der Waals surface area (Å²) in [6.45, 7) is 6.79. The highest BCUT2D eigenvalue weighted by Gasteiger charge is 2.55. The summed E-state index contributed by atoms with van der Waals surface area (Å²) >= 11 is 0. The Morgan fingerprint density at radius 3 is 2.18 bits per heavy atom. The van der Waals surface area contributed by atoms with E-state index in [1.807, 2.05) is 0 Å². The lowest BCUT2D eigenvalue weighted by Gasteiger charge is -2.37. The summed E-state index contributed by atoms with van der Waals surface area (Å²) in [6, 6.07) is 0. The highest BCUT2D eigenvalue weighted by molar-refractivity contribution is 6.38. The molecule has 0 spiro atoms. The van der Waals surface area contributed by atoms with Crippen molar-refractivity contribution in [1.82, 2.24) is 0 Å². The lowest BCUT2D eigenvalue weighted by Crippen LogP contribution is -2.53. The number of Topliss-reactive ketones (excluding diaryl/α,β-unsaturated/α-hetero) is 2. The molecule has 1 aliphatic carbocycles. The minimum Gasteiger partial charge on any atom is -0.297 e. The van der Waals surface area contributed by atoms with Gasteiger partial charge in [0.25, 0.3) is 0 Å². The minimum atomic E-state index is -0.752. The molecule has 0 heterocycles. The van der Waals surface area contributed by atoms with E-state index >= 15 is 0 Å². The van der Waals surface area contributed by atoms with Crippen LogP contribution in [-0.2, 0) is 9.59 Å². The predicted molar refractivity (Wildman–Crippen MR) is 41.9 cm³/mol. The minimum absolute atomic E-state index is 0.0256. The van der Waals surface area contributed by atoms with E-state index in [2.05, 4.69) is 6.58 Å². The zero-order valence-corrected chi connectivity index (χ0v) is 6.81. The molecule has 0 atom stereocenters. The zero-order chi connectivity index (χ0) is 8.65. The molecule has 0 aliphatic heterocycles. The molecule has 2 nitrogen and oxygen atoms in total. The van der Waals surface area contributed by atoms with E-state index in [9.17, 15) is 9.59 Å². The van der Waals surface area contributed by atoms with E-state index < -0.39 is 5.41 Å². The van der Waals surface area contributed by atoms with Crippen molar-refractivity contribution in [3.05, 3.63) is 18.6 Å². The lowest BCUT2D eigenvalue weighted by molar-refractivity contribution is -0.147. The summed E-state index contributed by atoms with van der Waals surface area (Å²) in [5.41, 5.74) is -0.752. The number of carbonyl (C=O) groups is 2. The fraction of sp³-hybridized carbons (Fsp3) is 0.444. The average Bonchev–Trinajstić information content (AvgIpc) is 1.98. The van der Waals surface area contributed by atoms with Crippen molar-refractivity contribution in [3.8, 4) is 0 Å². The maximum Gasteiger partial charge on any atom is 0.161 e. The SMILES string of the molecule is C=CC[C]1C(=O)C(C)(C)C1=O. The number of allylic oxidation sites excluding steroid dienone is 1. The summed E-state index contributed by atoms with van der Waals surface area (Å²) < 4.78 is 0. The second-order valence-electron chi connectivity index (χ2n) is 3.25. The van der Waals surface area contributed by atoms with Gasteiger partial charge in [-0.15, -0.1) is 6.58 Å². The van der Waals surface area contributed by atoms with Crippen molar-refractivity contribution < 1.29 is 9.59 Å². The molecule has 1 radical (unpaired) electrons. The molecule has 0 unspecified atom stereocenters. The van der Waals surface area contributed by atoms with Gasteiger partial charge in [-0.05, 0) is 20.3 Å². The van der Waals surface area contributed by atoms with Crippen LogP contribution in [0.2, 0.25) is 0 Å². The number of rotatable bonds is 2. The van der Waals surface area contributed by atoms with Gasteiger partial charge in [-0.3, -0.25) is 9.59 Å². The largest absolute Gasteiger partial charge is 0.297 e. The van der Waals surface area contributed by atoms with E-state index in [0.717, 1.165) is 0 Å². The van der Waals surface area contributed by atoms with Crippen LogP contribution in [0.3, 0.4) is 0 Å². The van der Waals surface area contributed by atoms with Crippen molar-refractivity contribution in [3.63, 3.8) is 0 Å². The Morgan fingerprint density at radius 2 is 1.82 bits per heavy atom. The normalized spacial score (nSPS) is 23.1. The standard InChI is InChI=1S/C9H11O2/c1-4-5-6-7(10)9(2,3)8(6)11/h4H,1,5H2,2-3H3. The van der Waals surface area contributed by atoms with Gasteiger partial charge in [-0.25, -0.2) is 0 Å². The van der Waals surface area contributed by atoms with Crippen molar-refractivity contribution in [2.24, 2.45) is 5.41 Å². The molecule has 11 heavy (non-hydrogen) atoms. The number of hydrogen-bond acceptors (Lipinski definition) is 2. The van der Waals surface area contributed by atoms with Gasteiger partial charge in [0, 0.05) is 0 Å². The first-order chi connectivity index (χ1) is 5.01. The third-order valence-electron chi connectivity index (χ3n) is 2.03. The first-order valence-corrected chi connectivity index (χ1v) is 3.58. The summed E-state index contributed by atoms with van der Waals surface area (Å²) in [4.78, 5) is 22.4. The van der Waals surface area contributed by atoms with Crippen LogP contribution in [-0.4, -0.2) is 11.6 Å². The molecule has 0 saturated heterocycles. The van der Waals surface area contributed by atoms with Crippen molar-refractivity contribution in [1.29, 1.82) is 0 Å². The van der Waals surface area contributed by atoms with Crippen LogP contribution in [0.25, 0.3) is 0 Å². The van der Waals surface area contributed by atoms with Gasteiger partial charge < -0.3 is 0 Å². The maximum absolute atomic E-state index is 11.2. The number of ketones is 2. The molecule has 0 aromatic rings. The van der Waals surface area contributed by atoms with E-state index in [1.54, 1.807) is 19.9 Å². The fourth-order valence-electron chi connectivity index (χ4n) is 1.23. The van der Waals surface area contributed by atoms with E-state index in [1.165, 1.54) is 0 Å². The van der Waals surface area contributed by atoms with Crippen LogP contribution in [0.5, 0.6) is 0 Å². The van der Waals surface area contributed by atoms with Crippen molar-refractivity contribution in [2.75, 3.05) is 0 Å². The quantitative estimate of drug-likeness (QED) is 0.440. The first kappa shape index (κ1) is 8.18. The number of carbonyl (C=O) groups excluding carboxylic acids is 2. The molecule has 1 fully saturated rings. The van der Waals surface area contributed by atoms with Crippen LogP contribution >= 0.6 is 0 Å². The molecule has 1 rings (SSSR count). The van der Waals surface area contributed by atoms with Crippen molar-refractivity contribution in [2.45, 2.75) is 20.3 Å². The van der Waals surface area contributed by atoms with Crippen LogP contribution in [0, 0.1) is 11.3 Å². The van der Waals surface area contributed by atoms with Crippen LogP contribution in [0.1, 0.15) is 20.3 Å². The van der Waals surface area contributed by atoms with E-state index in [4.69, 9.17) is 0 Å². The molecule has 59 valence electrons. The zero-order valence-electron chi connectivity index (χ0n) is 6.81. The molecular weight excluding hydrogens is 140 g/mol. The third-order valence-corrected chi connectivity index (χ3v) is 2.03. The fourth-order valence-corrected chi connectivity index (χ4v) is 1.23. The van der Waals surface area contributed by atoms with Gasteiger partial charge >= 0.3 is 0 Å². The predicted octanol–water partition coefficient (Wildman–Crippen LogP) is 1.31. The van der Waals surface area contributed by atoms with Gasteiger partial charge in [0.05, 0.1) is 5.41 Å². The van der Waals surface area contributed by atoms with Gasteiger partial charge in [-0.1, -0.05) is 6.08 Å². The second-order valence-corrected chi connectivity index (χ2v) is 3.25. The topological polar surface area (TPSA) is 34.1 Å². The van der Waals surface area contributed by atoms with E-state index in [0.29, 0.717) is 12.3 Å². The average molecular weight is 151 g/mol. The smallest absolute Gasteiger partial charge is 0.161 e. The molecule has 2 heteroatoms. The first-order valence-electron chi connectivity index (χ1n) is 3.58. The number of hydrogen-bond donors (Lipinski definition) is 0. The van der Waals surface area contributed by atoms with Crippen LogP contribution in [0.15, 0.2) is 12.7 Å². The molecular formula is C9H11O2. The third kappa shape index (κ3) is 0.934. The Bertz CT molecular complexity index is 208. The van der Waals surface area contributed by atoms with E-state index in [-0.39, 0.29) is 11.6 Å². The molecule has 1 saturated carbocycles.